The van der Waals surface area contributed by atoms with Crippen molar-refractivity contribution in [1.29, 1.82) is 0 Å². The molecule has 0 atom stereocenters. The lowest BCUT2D eigenvalue weighted by molar-refractivity contribution is -0.103. The first-order valence-electron chi connectivity index (χ1n) is 3.44. The SMILES string of the molecule is O=CC#CC#Cc1ccccc1. The molecule has 1 aromatic carbocycles. The van der Waals surface area contributed by atoms with Gasteiger partial charge >= 0.3 is 0 Å². The van der Waals surface area contributed by atoms with Crippen molar-refractivity contribution in [3.8, 4) is 23.7 Å². The molecule has 0 bridgehead atoms. The Bertz CT molecular complexity index is 368. The number of aldehydes is 1. The summed E-state index contributed by atoms with van der Waals surface area (Å²) in [4.78, 5) is 9.77. The largest absolute Gasteiger partial charge is 0.289 e. The highest BCUT2D eigenvalue weighted by Crippen LogP contribution is 1.93. The van der Waals surface area contributed by atoms with Crippen LogP contribution in [0.15, 0.2) is 30.3 Å². The van der Waals surface area contributed by atoms with Crippen LogP contribution in [-0.2, 0) is 4.79 Å². The molecule has 0 radical (unpaired) electrons. The van der Waals surface area contributed by atoms with E-state index in [4.69, 9.17) is 0 Å². The molecule has 1 rings (SSSR count). The summed E-state index contributed by atoms with van der Waals surface area (Å²) >= 11 is 0. The third kappa shape index (κ3) is 2.73. The number of rotatable bonds is 0. The lowest BCUT2D eigenvalue weighted by Crippen LogP contribution is -1.69. The fourth-order valence-corrected chi connectivity index (χ4v) is 0.690. The van der Waals surface area contributed by atoms with Crippen LogP contribution in [0.4, 0.5) is 0 Å². The van der Waals surface area contributed by atoms with E-state index in [1.165, 1.54) is 0 Å². The highest BCUT2D eigenvalue weighted by atomic mass is 16.1. The molecule has 0 aliphatic heterocycles. The van der Waals surface area contributed by atoms with E-state index in [1.54, 1.807) is 0 Å². The molecule has 0 aliphatic carbocycles. The van der Waals surface area contributed by atoms with Crippen molar-refractivity contribution in [1.82, 2.24) is 0 Å². The second-order valence-corrected chi connectivity index (χ2v) is 2.00. The Balaban J connectivity index is 2.73. The van der Waals surface area contributed by atoms with Crippen LogP contribution in [0.25, 0.3) is 0 Å². The molecule has 0 N–H and O–H groups in total. The zero-order valence-electron chi connectivity index (χ0n) is 6.37. The van der Waals surface area contributed by atoms with E-state index >= 15 is 0 Å². The lowest BCUT2D eigenvalue weighted by Gasteiger charge is -1.83. The van der Waals surface area contributed by atoms with Gasteiger partial charge in [0.05, 0.1) is 0 Å². The van der Waals surface area contributed by atoms with Crippen LogP contribution in [0.5, 0.6) is 0 Å². The zero-order valence-corrected chi connectivity index (χ0v) is 6.37. The van der Waals surface area contributed by atoms with Crippen LogP contribution in [0, 0.1) is 23.7 Å². The molecule has 1 nitrogen and oxygen atoms in total. The summed E-state index contributed by atoms with van der Waals surface area (Å²) in [5, 5.41) is 0. The predicted octanol–water partition coefficient (Wildman–Crippen LogP) is 1.24. The number of benzene rings is 1. The van der Waals surface area contributed by atoms with Crippen LogP contribution in [0.2, 0.25) is 0 Å². The summed E-state index contributed by atoms with van der Waals surface area (Å²) in [5.74, 6) is 9.98. The van der Waals surface area contributed by atoms with Gasteiger partial charge in [-0.15, -0.1) is 0 Å². The van der Waals surface area contributed by atoms with E-state index in [0.717, 1.165) is 5.56 Å². The third-order valence-electron chi connectivity index (χ3n) is 1.17. The molecule has 0 heterocycles. The Kier molecular flexibility index (Phi) is 3.22. The highest BCUT2D eigenvalue weighted by Gasteiger charge is 1.78. The van der Waals surface area contributed by atoms with Gasteiger partial charge in [-0.25, -0.2) is 0 Å². The van der Waals surface area contributed by atoms with Crippen LogP contribution in [0.3, 0.4) is 0 Å². The Labute approximate surface area is 71.4 Å². The second kappa shape index (κ2) is 4.77. The average Bonchev–Trinajstić information content (AvgIpc) is 2.14. The molecular formula is C11H6O. The van der Waals surface area contributed by atoms with E-state index < -0.39 is 0 Å². The van der Waals surface area contributed by atoms with Crippen LogP contribution in [0.1, 0.15) is 5.56 Å². The van der Waals surface area contributed by atoms with Gasteiger partial charge in [0.2, 0.25) is 0 Å². The molecule has 56 valence electrons. The number of carbonyl (C=O) groups is 1. The topological polar surface area (TPSA) is 17.1 Å². The fraction of sp³-hybridized carbons (Fsp3) is 0. The quantitative estimate of drug-likeness (QED) is 0.406. The molecule has 0 saturated heterocycles. The van der Waals surface area contributed by atoms with Crippen molar-refractivity contribution < 1.29 is 4.79 Å². The van der Waals surface area contributed by atoms with E-state index in [0.29, 0.717) is 6.29 Å². The highest BCUT2D eigenvalue weighted by molar-refractivity contribution is 5.73. The number of hydrogen-bond donors (Lipinski definition) is 0. The molecule has 0 unspecified atom stereocenters. The lowest BCUT2D eigenvalue weighted by atomic mass is 10.2. The van der Waals surface area contributed by atoms with Gasteiger partial charge in [0, 0.05) is 5.56 Å². The molecule has 1 aromatic rings. The van der Waals surface area contributed by atoms with Gasteiger partial charge in [-0.05, 0) is 29.9 Å². The van der Waals surface area contributed by atoms with Gasteiger partial charge in [-0.2, -0.15) is 0 Å². The summed E-state index contributed by atoms with van der Waals surface area (Å²) in [6.45, 7) is 0. The van der Waals surface area contributed by atoms with E-state index in [-0.39, 0.29) is 0 Å². The van der Waals surface area contributed by atoms with Crippen molar-refractivity contribution in [3.63, 3.8) is 0 Å². The number of hydrogen-bond acceptors (Lipinski definition) is 1. The average molecular weight is 154 g/mol. The molecule has 0 amide bonds. The maximum Gasteiger partial charge on any atom is 0.193 e. The van der Waals surface area contributed by atoms with Gasteiger partial charge in [-0.3, -0.25) is 4.79 Å². The van der Waals surface area contributed by atoms with Gasteiger partial charge in [0.1, 0.15) is 0 Å². The van der Waals surface area contributed by atoms with Crippen molar-refractivity contribution in [2.24, 2.45) is 0 Å². The fourth-order valence-electron chi connectivity index (χ4n) is 0.690. The van der Waals surface area contributed by atoms with Gasteiger partial charge in [0.25, 0.3) is 0 Å². The molecule has 0 spiro atoms. The third-order valence-corrected chi connectivity index (χ3v) is 1.17. The smallest absolute Gasteiger partial charge is 0.193 e. The minimum Gasteiger partial charge on any atom is -0.289 e. The summed E-state index contributed by atoms with van der Waals surface area (Å²) in [7, 11) is 0. The maximum atomic E-state index is 9.77. The summed E-state index contributed by atoms with van der Waals surface area (Å²) in [6.07, 6.45) is 0.527. The molecule has 1 heteroatoms. The summed E-state index contributed by atoms with van der Waals surface area (Å²) in [6, 6.07) is 9.49. The van der Waals surface area contributed by atoms with Crippen LogP contribution in [-0.4, -0.2) is 6.29 Å². The predicted molar refractivity (Wildman–Crippen MR) is 47.2 cm³/mol. The van der Waals surface area contributed by atoms with E-state index in [2.05, 4.69) is 23.7 Å². The first-order valence-corrected chi connectivity index (χ1v) is 3.44. The monoisotopic (exact) mass is 154 g/mol. The van der Waals surface area contributed by atoms with Gasteiger partial charge in [0.15, 0.2) is 6.29 Å². The zero-order chi connectivity index (χ0) is 8.65. The molecule has 0 aromatic heterocycles. The maximum absolute atomic E-state index is 9.77. The first-order chi connectivity index (χ1) is 5.93. The molecular weight excluding hydrogens is 148 g/mol. The Hall–Kier alpha value is -1.99. The second-order valence-electron chi connectivity index (χ2n) is 2.00. The van der Waals surface area contributed by atoms with E-state index in [1.807, 2.05) is 30.3 Å². The van der Waals surface area contributed by atoms with Crippen molar-refractivity contribution in [2.75, 3.05) is 0 Å². The molecule has 0 fully saturated rings. The first kappa shape index (κ1) is 8.11. The van der Waals surface area contributed by atoms with Crippen molar-refractivity contribution in [3.05, 3.63) is 35.9 Å². The minimum absolute atomic E-state index is 0.527. The summed E-state index contributed by atoms with van der Waals surface area (Å²) in [5.41, 5.74) is 0.901. The Morgan fingerprint density at radius 1 is 1.08 bits per heavy atom. The van der Waals surface area contributed by atoms with Crippen molar-refractivity contribution >= 4 is 6.29 Å². The normalized spacial score (nSPS) is 7.00. The molecule has 0 saturated carbocycles. The van der Waals surface area contributed by atoms with Gasteiger partial charge < -0.3 is 0 Å². The van der Waals surface area contributed by atoms with E-state index in [9.17, 15) is 4.79 Å². The molecule has 12 heavy (non-hydrogen) atoms. The van der Waals surface area contributed by atoms with Gasteiger partial charge in [-0.1, -0.05) is 24.1 Å². The van der Waals surface area contributed by atoms with Crippen LogP contribution >= 0.6 is 0 Å². The Morgan fingerprint density at radius 2 is 1.83 bits per heavy atom. The van der Waals surface area contributed by atoms with Crippen LogP contribution < -0.4 is 0 Å². The van der Waals surface area contributed by atoms with Crippen molar-refractivity contribution in [2.45, 2.75) is 0 Å². The number of carbonyl (C=O) groups excluding carboxylic acids is 1. The summed E-state index contributed by atoms with van der Waals surface area (Å²) < 4.78 is 0. The standard InChI is InChI=1S/C11H6O/c12-10-6-2-5-9-11-7-3-1-4-8-11/h1,3-4,7-8,10H. The molecule has 0 aliphatic rings. The Morgan fingerprint density at radius 3 is 2.50 bits per heavy atom. The minimum atomic E-state index is 0.527.